The van der Waals surface area contributed by atoms with E-state index in [1.165, 1.54) is 16.0 Å². The minimum absolute atomic E-state index is 0.000926. The molecule has 2 rings (SSSR count). The van der Waals surface area contributed by atoms with Crippen molar-refractivity contribution in [2.45, 2.75) is 47.0 Å². The maximum Gasteiger partial charge on any atom is 0.265 e. The number of amides is 1. The summed E-state index contributed by atoms with van der Waals surface area (Å²) in [5.41, 5.74) is 4.52. The van der Waals surface area contributed by atoms with Crippen molar-refractivity contribution in [1.29, 1.82) is 0 Å². The van der Waals surface area contributed by atoms with Crippen LogP contribution in [0.4, 0.5) is 5.69 Å². The van der Waals surface area contributed by atoms with Crippen molar-refractivity contribution in [3.8, 4) is 0 Å². The van der Waals surface area contributed by atoms with Gasteiger partial charge in [-0.3, -0.25) is 4.79 Å². The van der Waals surface area contributed by atoms with Gasteiger partial charge in [-0.05, 0) is 48.9 Å². The Bertz CT molecular complexity index is 655. The van der Waals surface area contributed by atoms with E-state index < -0.39 is 0 Å². The summed E-state index contributed by atoms with van der Waals surface area (Å²) in [7, 11) is 0. The van der Waals surface area contributed by atoms with E-state index in [1.54, 1.807) is 11.3 Å². The predicted molar refractivity (Wildman–Crippen MR) is 91.7 cm³/mol. The molecule has 0 unspecified atom stereocenters. The zero-order valence-electron chi connectivity index (χ0n) is 13.4. The number of aryl methyl sites for hydroxylation is 3. The number of benzene rings is 1. The van der Waals surface area contributed by atoms with Gasteiger partial charge >= 0.3 is 0 Å². The van der Waals surface area contributed by atoms with Gasteiger partial charge in [-0.2, -0.15) is 0 Å². The van der Waals surface area contributed by atoms with E-state index in [9.17, 15) is 4.79 Å². The van der Waals surface area contributed by atoms with Gasteiger partial charge in [0, 0.05) is 10.6 Å². The average molecular weight is 301 g/mol. The molecule has 0 spiro atoms. The fraction of sp³-hybridized carbons (Fsp3) is 0.389. The van der Waals surface area contributed by atoms with Crippen LogP contribution in [0.25, 0.3) is 0 Å². The summed E-state index contributed by atoms with van der Waals surface area (Å²) in [5, 5.41) is 3.11. The van der Waals surface area contributed by atoms with E-state index in [-0.39, 0.29) is 5.91 Å². The molecule has 0 bridgehead atoms. The number of anilines is 1. The van der Waals surface area contributed by atoms with Crippen molar-refractivity contribution >= 4 is 22.9 Å². The van der Waals surface area contributed by atoms with Crippen molar-refractivity contribution < 1.29 is 4.79 Å². The average Bonchev–Trinajstić information content (AvgIpc) is 2.82. The highest BCUT2D eigenvalue weighted by molar-refractivity contribution is 7.14. The second kappa shape index (κ2) is 6.44. The summed E-state index contributed by atoms with van der Waals surface area (Å²) < 4.78 is 0. The van der Waals surface area contributed by atoms with Crippen molar-refractivity contribution in [2.75, 3.05) is 5.32 Å². The molecule has 0 radical (unpaired) electrons. The first-order valence-electron chi connectivity index (χ1n) is 7.44. The van der Waals surface area contributed by atoms with Crippen LogP contribution in [0.5, 0.6) is 0 Å². The summed E-state index contributed by atoms with van der Waals surface area (Å²) >= 11 is 1.57. The van der Waals surface area contributed by atoms with Gasteiger partial charge < -0.3 is 5.32 Å². The van der Waals surface area contributed by atoms with E-state index in [2.05, 4.69) is 39.1 Å². The molecule has 3 heteroatoms. The van der Waals surface area contributed by atoms with Gasteiger partial charge in [-0.1, -0.05) is 39.0 Å². The van der Waals surface area contributed by atoms with Gasteiger partial charge in [-0.15, -0.1) is 11.3 Å². The summed E-state index contributed by atoms with van der Waals surface area (Å²) in [6.07, 6.45) is 0.969. The largest absolute Gasteiger partial charge is 0.321 e. The lowest BCUT2D eigenvalue weighted by molar-refractivity contribution is 0.103. The third-order valence-electron chi connectivity index (χ3n) is 3.79. The van der Waals surface area contributed by atoms with Gasteiger partial charge in [0.25, 0.3) is 5.91 Å². The van der Waals surface area contributed by atoms with E-state index in [0.29, 0.717) is 5.92 Å². The molecule has 2 nitrogen and oxygen atoms in total. The molecule has 112 valence electrons. The molecule has 1 N–H and O–H groups in total. The maximum absolute atomic E-state index is 12.5. The Kier molecular flexibility index (Phi) is 4.84. The first-order valence-corrected chi connectivity index (χ1v) is 8.25. The summed E-state index contributed by atoms with van der Waals surface area (Å²) in [6.45, 7) is 10.5. The van der Waals surface area contributed by atoms with E-state index >= 15 is 0 Å². The normalized spacial score (nSPS) is 11.0. The Morgan fingerprint density at radius 1 is 1.29 bits per heavy atom. The van der Waals surface area contributed by atoms with Crippen LogP contribution < -0.4 is 5.32 Å². The lowest BCUT2D eigenvalue weighted by atomic mass is 9.98. The minimum Gasteiger partial charge on any atom is -0.321 e. The monoisotopic (exact) mass is 301 g/mol. The highest BCUT2D eigenvalue weighted by atomic mass is 32.1. The molecule has 1 aromatic heterocycles. The Hall–Kier alpha value is -1.61. The fourth-order valence-corrected chi connectivity index (χ4v) is 3.51. The quantitative estimate of drug-likeness (QED) is 0.815. The first-order chi connectivity index (χ1) is 9.93. The Morgan fingerprint density at radius 3 is 2.57 bits per heavy atom. The van der Waals surface area contributed by atoms with Crippen LogP contribution in [0, 0.1) is 13.8 Å². The topological polar surface area (TPSA) is 29.1 Å². The van der Waals surface area contributed by atoms with Gasteiger partial charge in [0.05, 0.1) is 4.88 Å². The lowest BCUT2D eigenvalue weighted by Crippen LogP contribution is -2.13. The van der Waals surface area contributed by atoms with Crippen LogP contribution in [0.2, 0.25) is 0 Å². The first kappa shape index (κ1) is 15.8. The van der Waals surface area contributed by atoms with Crippen LogP contribution >= 0.6 is 11.3 Å². The molecule has 0 atom stereocenters. The molecular formula is C18H23NOS. The van der Waals surface area contributed by atoms with Gasteiger partial charge in [0.2, 0.25) is 0 Å². The van der Waals surface area contributed by atoms with Crippen molar-refractivity contribution in [3.63, 3.8) is 0 Å². The summed E-state index contributed by atoms with van der Waals surface area (Å²) in [5.74, 6) is 0.385. The van der Waals surface area contributed by atoms with Crippen LogP contribution in [0.15, 0.2) is 24.3 Å². The third kappa shape index (κ3) is 3.35. The molecular weight excluding hydrogens is 278 g/mol. The van der Waals surface area contributed by atoms with Gasteiger partial charge in [-0.25, -0.2) is 0 Å². The van der Waals surface area contributed by atoms with Crippen LogP contribution in [0.3, 0.4) is 0 Å². The molecule has 1 amide bonds. The Balaban J connectivity index is 2.31. The lowest BCUT2D eigenvalue weighted by Gasteiger charge is -2.16. The second-order valence-corrected chi connectivity index (χ2v) is 6.95. The highest BCUT2D eigenvalue weighted by Gasteiger charge is 2.15. The SMILES string of the molecule is CCc1cc(C(=O)Nc2c(C)cccc2C(C)C)sc1C. The van der Waals surface area contributed by atoms with E-state index in [1.807, 2.05) is 25.1 Å². The van der Waals surface area contributed by atoms with Crippen LogP contribution in [-0.2, 0) is 6.42 Å². The molecule has 0 aliphatic heterocycles. The van der Waals surface area contributed by atoms with E-state index in [0.717, 1.165) is 22.5 Å². The number of carbonyl (C=O) groups excluding carboxylic acids is 1. The van der Waals surface area contributed by atoms with Gasteiger partial charge in [0.15, 0.2) is 0 Å². The second-order valence-electron chi connectivity index (χ2n) is 5.69. The van der Waals surface area contributed by atoms with Crippen molar-refractivity contribution in [1.82, 2.24) is 0 Å². The maximum atomic E-state index is 12.5. The number of hydrogen-bond acceptors (Lipinski definition) is 2. The molecule has 1 aromatic carbocycles. The third-order valence-corrected chi connectivity index (χ3v) is 4.88. The number of para-hydroxylation sites is 1. The number of carbonyl (C=O) groups is 1. The van der Waals surface area contributed by atoms with Crippen LogP contribution in [0.1, 0.15) is 57.9 Å². The Morgan fingerprint density at radius 2 is 2.00 bits per heavy atom. The van der Waals surface area contributed by atoms with E-state index in [4.69, 9.17) is 0 Å². The fourth-order valence-electron chi connectivity index (χ4n) is 2.50. The zero-order valence-corrected chi connectivity index (χ0v) is 14.2. The number of hydrogen-bond donors (Lipinski definition) is 1. The molecule has 0 aliphatic rings. The summed E-state index contributed by atoms with van der Waals surface area (Å²) in [6, 6.07) is 8.19. The molecule has 0 fully saturated rings. The molecule has 2 aromatic rings. The smallest absolute Gasteiger partial charge is 0.265 e. The minimum atomic E-state index is -0.000926. The van der Waals surface area contributed by atoms with Crippen molar-refractivity contribution in [3.05, 3.63) is 50.7 Å². The highest BCUT2D eigenvalue weighted by Crippen LogP contribution is 2.29. The Labute approximate surface area is 131 Å². The molecule has 1 heterocycles. The zero-order chi connectivity index (χ0) is 15.6. The van der Waals surface area contributed by atoms with Crippen molar-refractivity contribution in [2.24, 2.45) is 0 Å². The van der Waals surface area contributed by atoms with Crippen LogP contribution in [-0.4, -0.2) is 5.91 Å². The number of rotatable bonds is 4. The number of thiophene rings is 1. The standard InChI is InChI=1S/C18H23NOS/c1-6-14-10-16(21-13(14)5)18(20)19-17-12(4)8-7-9-15(17)11(2)3/h7-11H,6H2,1-5H3,(H,19,20). The number of nitrogens with one attached hydrogen (secondary N) is 1. The summed E-state index contributed by atoms with van der Waals surface area (Å²) in [4.78, 5) is 14.5. The predicted octanol–water partition coefficient (Wildman–Crippen LogP) is 5.30. The molecule has 0 saturated heterocycles. The molecule has 0 aliphatic carbocycles. The molecule has 21 heavy (non-hydrogen) atoms. The molecule has 0 saturated carbocycles. The van der Waals surface area contributed by atoms with Gasteiger partial charge in [0.1, 0.15) is 0 Å².